The second-order valence-corrected chi connectivity index (χ2v) is 3.51. The third-order valence-corrected chi connectivity index (χ3v) is 2.15. The fourth-order valence-corrected chi connectivity index (χ4v) is 1.71. The molecule has 0 aliphatic carbocycles. The molecule has 1 fully saturated rings. The second kappa shape index (κ2) is 5.01. The summed E-state index contributed by atoms with van der Waals surface area (Å²) in [4.78, 5) is 2.42. The Morgan fingerprint density at radius 2 is 2.45 bits per heavy atom. The van der Waals surface area contributed by atoms with E-state index in [4.69, 9.17) is 4.74 Å². The molecule has 0 radical (unpaired) electrons. The van der Waals surface area contributed by atoms with Crippen molar-refractivity contribution in [3.05, 3.63) is 0 Å². The first-order chi connectivity index (χ1) is 5.33. The van der Waals surface area contributed by atoms with Crippen LogP contribution in [-0.2, 0) is 4.74 Å². The SMILES string of the molecule is CC1CN(CCS)CCCO1. The molecule has 0 bridgehead atoms. The Balaban J connectivity index is 2.27. The largest absolute Gasteiger partial charge is 0.377 e. The fraction of sp³-hybridized carbons (Fsp3) is 1.00. The number of hydrogen-bond acceptors (Lipinski definition) is 3. The average Bonchev–Trinajstić information content (AvgIpc) is 2.15. The molecule has 0 spiro atoms. The summed E-state index contributed by atoms with van der Waals surface area (Å²) in [6.45, 7) is 6.39. The van der Waals surface area contributed by atoms with Gasteiger partial charge in [-0.3, -0.25) is 4.90 Å². The number of ether oxygens (including phenoxy) is 1. The molecule has 1 aliphatic rings. The van der Waals surface area contributed by atoms with E-state index >= 15 is 0 Å². The zero-order valence-electron chi connectivity index (χ0n) is 7.12. The Labute approximate surface area is 74.3 Å². The smallest absolute Gasteiger partial charge is 0.0673 e. The van der Waals surface area contributed by atoms with Crippen LogP contribution in [0.3, 0.4) is 0 Å². The second-order valence-electron chi connectivity index (χ2n) is 3.06. The van der Waals surface area contributed by atoms with Crippen LogP contribution < -0.4 is 0 Å². The van der Waals surface area contributed by atoms with Gasteiger partial charge in [0.2, 0.25) is 0 Å². The highest BCUT2D eigenvalue weighted by Gasteiger charge is 2.13. The van der Waals surface area contributed by atoms with Crippen molar-refractivity contribution in [3.63, 3.8) is 0 Å². The Bertz CT molecular complexity index is 110. The molecule has 1 atom stereocenters. The highest BCUT2D eigenvalue weighted by Crippen LogP contribution is 2.04. The summed E-state index contributed by atoms with van der Waals surface area (Å²) in [5, 5.41) is 0. The maximum Gasteiger partial charge on any atom is 0.0673 e. The molecule has 0 N–H and O–H groups in total. The first-order valence-electron chi connectivity index (χ1n) is 4.27. The average molecular weight is 175 g/mol. The van der Waals surface area contributed by atoms with E-state index in [1.54, 1.807) is 0 Å². The van der Waals surface area contributed by atoms with E-state index in [1.807, 2.05) is 0 Å². The number of rotatable bonds is 2. The molecule has 1 rings (SSSR count). The van der Waals surface area contributed by atoms with Gasteiger partial charge in [0.1, 0.15) is 0 Å². The van der Waals surface area contributed by atoms with Crippen LogP contribution in [-0.4, -0.2) is 43.0 Å². The molecule has 1 unspecified atom stereocenters. The van der Waals surface area contributed by atoms with Gasteiger partial charge in [0.25, 0.3) is 0 Å². The van der Waals surface area contributed by atoms with Crippen LogP contribution in [0.25, 0.3) is 0 Å². The summed E-state index contributed by atoms with van der Waals surface area (Å²) >= 11 is 4.21. The Hall–Kier alpha value is 0.270. The van der Waals surface area contributed by atoms with E-state index in [2.05, 4.69) is 24.5 Å². The Morgan fingerprint density at radius 1 is 1.64 bits per heavy atom. The molecule has 0 aromatic heterocycles. The Kier molecular flexibility index (Phi) is 4.26. The molecule has 1 saturated heterocycles. The molecule has 1 aliphatic heterocycles. The Morgan fingerprint density at radius 3 is 3.18 bits per heavy atom. The van der Waals surface area contributed by atoms with Crippen molar-refractivity contribution >= 4 is 12.6 Å². The first kappa shape index (κ1) is 9.36. The molecule has 66 valence electrons. The van der Waals surface area contributed by atoms with Gasteiger partial charge in [-0.15, -0.1) is 0 Å². The zero-order valence-corrected chi connectivity index (χ0v) is 8.02. The number of nitrogens with zero attached hydrogens (tertiary/aromatic N) is 1. The third-order valence-electron chi connectivity index (χ3n) is 1.95. The van der Waals surface area contributed by atoms with Crippen molar-refractivity contribution in [2.45, 2.75) is 19.4 Å². The molecular weight excluding hydrogens is 158 g/mol. The lowest BCUT2D eigenvalue weighted by Crippen LogP contribution is -2.31. The van der Waals surface area contributed by atoms with E-state index in [9.17, 15) is 0 Å². The maximum absolute atomic E-state index is 5.51. The van der Waals surface area contributed by atoms with Gasteiger partial charge in [0.15, 0.2) is 0 Å². The summed E-state index contributed by atoms with van der Waals surface area (Å²) in [7, 11) is 0. The summed E-state index contributed by atoms with van der Waals surface area (Å²) in [6, 6.07) is 0. The lowest BCUT2D eigenvalue weighted by Gasteiger charge is -2.20. The maximum atomic E-state index is 5.51. The lowest BCUT2D eigenvalue weighted by molar-refractivity contribution is 0.0686. The lowest BCUT2D eigenvalue weighted by atomic mass is 10.3. The van der Waals surface area contributed by atoms with E-state index in [1.165, 1.54) is 6.54 Å². The van der Waals surface area contributed by atoms with Gasteiger partial charge >= 0.3 is 0 Å². The van der Waals surface area contributed by atoms with Crippen LogP contribution in [0.5, 0.6) is 0 Å². The van der Waals surface area contributed by atoms with Crippen LogP contribution in [0.4, 0.5) is 0 Å². The van der Waals surface area contributed by atoms with E-state index < -0.39 is 0 Å². The standard InChI is InChI=1S/C8H17NOS/c1-8-7-9(4-6-11)3-2-5-10-8/h8,11H,2-7H2,1H3. The van der Waals surface area contributed by atoms with Gasteiger partial charge in [0, 0.05) is 32.0 Å². The van der Waals surface area contributed by atoms with Gasteiger partial charge in [-0.25, -0.2) is 0 Å². The summed E-state index contributed by atoms with van der Waals surface area (Å²) < 4.78 is 5.51. The molecule has 0 aromatic carbocycles. The molecular formula is C8H17NOS. The highest BCUT2D eigenvalue weighted by atomic mass is 32.1. The molecule has 11 heavy (non-hydrogen) atoms. The molecule has 0 aromatic rings. The fourth-order valence-electron chi connectivity index (χ4n) is 1.42. The van der Waals surface area contributed by atoms with Gasteiger partial charge in [-0.05, 0) is 13.3 Å². The predicted molar refractivity (Wildman–Crippen MR) is 50.3 cm³/mol. The monoisotopic (exact) mass is 175 g/mol. The normalized spacial score (nSPS) is 28.4. The number of thiol groups is 1. The minimum Gasteiger partial charge on any atom is -0.377 e. The highest BCUT2D eigenvalue weighted by molar-refractivity contribution is 7.80. The van der Waals surface area contributed by atoms with Crippen molar-refractivity contribution in [1.29, 1.82) is 0 Å². The third kappa shape index (κ3) is 3.45. The van der Waals surface area contributed by atoms with Crippen molar-refractivity contribution in [3.8, 4) is 0 Å². The van der Waals surface area contributed by atoms with Gasteiger partial charge in [0.05, 0.1) is 6.10 Å². The molecule has 2 nitrogen and oxygen atoms in total. The summed E-state index contributed by atoms with van der Waals surface area (Å²) in [5.74, 6) is 0.951. The van der Waals surface area contributed by atoms with Crippen molar-refractivity contribution in [2.75, 3.05) is 32.0 Å². The quantitative estimate of drug-likeness (QED) is 0.629. The summed E-state index contributed by atoms with van der Waals surface area (Å²) in [6.07, 6.45) is 1.57. The van der Waals surface area contributed by atoms with Crippen LogP contribution >= 0.6 is 12.6 Å². The number of hydrogen-bond donors (Lipinski definition) is 1. The van der Waals surface area contributed by atoms with Gasteiger partial charge in [-0.1, -0.05) is 0 Å². The minimum atomic E-state index is 0.400. The van der Waals surface area contributed by atoms with E-state index in [0.29, 0.717) is 6.10 Å². The molecule has 0 saturated carbocycles. The van der Waals surface area contributed by atoms with Crippen molar-refractivity contribution < 1.29 is 4.74 Å². The van der Waals surface area contributed by atoms with Crippen LogP contribution in [0.1, 0.15) is 13.3 Å². The molecule has 0 amide bonds. The predicted octanol–water partition coefficient (Wildman–Crippen LogP) is 1.03. The van der Waals surface area contributed by atoms with E-state index in [0.717, 1.165) is 31.9 Å². The van der Waals surface area contributed by atoms with Crippen LogP contribution in [0, 0.1) is 0 Å². The molecule has 3 heteroatoms. The van der Waals surface area contributed by atoms with Crippen molar-refractivity contribution in [2.24, 2.45) is 0 Å². The summed E-state index contributed by atoms with van der Waals surface area (Å²) in [5.41, 5.74) is 0. The molecule has 1 heterocycles. The van der Waals surface area contributed by atoms with Gasteiger partial charge < -0.3 is 4.74 Å². The van der Waals surface area contributed by atoms with Gasteiger partial charge in [-0.2, -0.15) is 12.6 Å². The van der Waals surface area contributed by atoms with Crippen LogP contribution in [0.2, 0.25) is 0 Å². The minimum absolute atomic E-state index is 0.400. The van der Waals surface area contributed by atoms with Crippen molar-refractivity contribution in [1.82, 2.24) is 4.90 Å². The first-order valence-corrected chi connectivity index (χ1v) is 4.91. The van der Waals surface area contributed by atoms with Crippen LogP contribution in [0.15, 0.2) is 0 Å². The van der Waals surface area contributed by atoms with E-state index in [-0.39, 0.29) is 0 Å². The zero-order chi connectivity index (χ0) is 8.10. The topological polar surface area (TPSA) is 12.5 Å².